The number of carbonyl (C=O) groups is 1. The third-order valence-corrected chi connectivity index (χ3v) is 4.39. The fourth-order valence-corrected chi connectivity index (χ4v) is 2.83. The molecule has 0 bridgehead atoms. The molecule has 2 aromatic heterocycles. The van der Waals surface area contributed by atoms with E-state index in [0.29, 0.717) is 5.82 Å². The van der Waals surface area contributed by atoms with E-state index in [0.717, 1.165) is 24.1 Å². The summed E-state index contributed by atoms with van der Waals surface area (Å²) in [6.07, 6.45) is 6.15. The minimum atomic E-state index is -0.342. The summed E-state index contributed by atoms with van der Waals surface area (Å²) in [5, 5.41) is 13.7. The Morgan fingerprint density at radius 3 is 2.74 bits per heavy atom. The fourth-order valence-electron chi connectivity index (χ4n) is 2.83. The number of hydrogen-bond acceptors (Lipinski definition) is 4. The van der Waals surface area contributed by atoms with Crippen molar-refractivity contribution in [3.63, 3.8) is 0 Å². The molecule has 2 amide bonds. The summed E-state index contributed by atoms with van der Waals surface area (Å²) in [4.78, 5) is 16.8. The molecule has 1 atom stereocenters. The van der Waals surface area contributed by atoms with Crippen LogP contribution in [0.5, 0.6) is 0 Å². The number of pyridine rings is 1. The van der Waals surface area contributed by atoms with Gasteiger partial charge in [-0.25, -0.2) is 4.79 Å². The Labute approximate surface area is 158 Å². The van der Waals surface area contributed by atoms with Crippen LogP contribution in [0.25, 0.3) is 0 Å². The van der Waals surface area contributed by atoms with Crippen LogP contribution in [0.2, 0.25) is 0 Å². The molecule has 27 heavy (non-hydrogen) atoms. The number of nitrogens with zero attached hydrogens (tertiary/aromatic N) is 4. The Hall–Kier alpha value is -3.22. The van der Waals surface area contributed by atoms with Crippen LogP contribution in [0.15, 0.2) is 48.9 Å². The maximum Gasteiger partial charge on any atom is 0.321 e. The molecule has 140 valence electrons. The van der Waals surface area contributed by atoms with Gasteiger partial charge in [-0.05, 0) is 48.6 Å². The Balaban J connectivity index is 1.80. The van der Waals surface area contributed by atoms with Gasteiger partial charge in [-0.3, -0.25) is 15.0 Å². The first kappa shape index (κ1) is 18.6. The summed E-state index contributed by atoms with van der Waals surface area (Å²) < 4.78 is 1.71. The van der Waals surface area contributed by atoms with Crippen LogP contribution >= 0.6 is 0 Å². The predicted molar refractivity (Wildman–Crippen MR) is 104 cm³/mol. The minimum Gasteiger partial charge on any atom is -0.327 e. The highest BCUT2D eigenvalue weighted by Gasteiger charge is 2.18. The summed E-state index contributed by atoms with van der Waals surface area (Å²) in [6, 6.07) is 9.32. The third-order valence-electron chi connectivity index (χ3n) is 4.39. The quantitative estimate of drug-likeness (QED) is 0.700. The molecule has 3 rings (SSSR count). The molecule has 3 aromatic rings. The number of carbonyl (C=O) groups excluding carboxylic acids is 1. The predicted octanol–water partition coefficient (Wildman–Crippen LogP) is 3.61. The molecule has 0 radical (unpaired) electrons. The minimum absolute atomic E-state index is 0.316. The number of amides is 2. The molecule has 0 aliphatic rings. The molecule has 2 heterocycles. The first-order chi connectivity index (χ1) is 13.1. The van der Waals surface area contributed by atoms with Crippen LogP contribution < -0.4 is 10.6 Å². The van der Waals surface area contributed by atoms with Crippen molar-refractivity contribution in [1.29, 1.82) is 0 Å². The molecule has 1 aromatic carbocycles. The third kappa shape index (κ3) is 4.69. The van der Waals surface area contributed by atoms with Gasteiger partial charge in [0.1, 0.15) is 0 Å². The lowest BCUT2D eigenvalue weighted by Crippen LogP contribution is -2.33. The Morgan fingerprint density at radius 1 is 1.19 bits per heavy atom. The van der Waals surface area contributed by atoms with Gasteiger partial charge in [0.25, 0.3) is 0 Å². The largest absolute Gasteiger partial charge is 0.327 e. The number of urea groups is 1. The number of hydrogen-bond donors (Lipinski definition) is 2. The molecule has 0 spiro atoms. The number of aromatic nitrogens is 4. The molecular formula is C20H24N6O. The van der Waals surface area contributed by atoms with Gasteiger partial charge < -0.3 is 5.32 Å². The van der Waals surface area contributed by atoms with E-state index in [1.165, 1.54) is 11.1 Å². The number of benzene rings is 1. The van der Waals surface area contributed by atoms with Gasteiger partial charge in [0.2, 0.25) is 0 Å². The van der Waals surface area contributed by atoms with E-state index in [4.69, 9.17) is 0 Å². The number of rotatable bonds is 6. The lowest BCUT2D eigenvalue weighted by molar-refractivity contribution is 0.250. The summed E-state index contributed by atoms with van der Waals surface area (Å²) in [6.45, 7) is 6.95. The highest BCUT2D eigenvalue weighted by Crippen LogP contribution is 2.23. The second kappa shape index (κ2) is 8.44. The Bertz CT molecular complexity index is 906. The highest BCUT2D eigenvalue weighted by molar-refractivity contribution is 5.88. The van der Waals surface area contributed by atoms with E-state index in [2.05, 4.69) is 58.8 Å². The first-order valence-corrected chi connectivity index (χ1v) is 9.01. The molecule has 0 fully saturated rings. The number of anilines is 1. The molecule has 0 saturated carbocycles. The van der Waals surface area contributed by atoms with E-state index in [-0.39, 0.29) is 12.1 Å². The van der Waals surface area contributed by atoms with Gasteiger partial charge in [0, 0.05) is 18.9 Å². The number of nitrogens with one attached hydrogen (secondary N) is 2. The maximum atomic E-state index is 12.6. The molecule has 7 nitrogen and oxygen atoms in total. The zero-order valence-electron chi connectivity index (χ0n) is 15.8. The van der Waals surface area contributed by atoms with Gasteiger partial charge in [0.05, 0.1) is 12.2 Å². The molecular weight excluding hydrogens is 340 g/mol. The standard InChI is InChI=1S/C20H24N6O/c1-4-10-26-13-18(24-25-26)22-20(27)23-19(17-6-5-9-21-12-17)16-8-7-14(2)15(3)11-16/h5-9,11-13,19H,4,10H2,1-3H3,(H2,22,23,27). The van der Waals surface area contributed by atoms with Gasteiger partial charge in [-0.1, -0.05) is 36.4 Å². The van der Waals surface area contributed by atoms with Gasteiger partial charge in [0.15, 0.2) is 5.82 Å². The fraction of sp³-hybridized carbons (Fsp3) is 0.300. The van der Waals surface area contributed by atoms with E-state index < -0.39 is 0 Å². The van der Waals surface area contributed by atoms with Crippen LogP contribution in [0.4, 0.5) is 10.6 Å². The Kier molecular flexibility index (Phi) is 5.80. The van der Waals surface area contributed by atoms with Crippen LogP contribution in [0, 0.1) is 13.8 Å². The lowest BCUT2D eigenvalue weighted by Gasteiger charge is -2.20. The summed E-state index contributed by atoms with van der Waals surface area (Å²) >= 11 is 0. The van der Waals surface area contributed by atoms with Crippen LogP contribution in [-0.2, 0) is 6.54 Å². The topological polar surface area (TPSA) is 84.7 Å². The smallest absolute Gasteiger partial charge is 0.321 e. The van der Waals surface area contributed by atoms with E-state index in [9.17, 15) is 4.79 Å². The first-order valence-electron chi connectivity index (χ1n) is 9.01. The highest BCUT2D eigenvalue weighted by atomic mass is 16.2. The van der Waals surface area contributed by atoms with Crippen LogP contribution in [0.1, 0.15) is 41.6 Å². The van der Waals surface area contributed by atoms with Crippen molar-refractivity contribution in [1.82, 2.24) is 25.3 Å². The summed E-state index contributed by atoms with van der Waals surface area (Å²) in [5.41, 5.74) is 4.29. The van der Waals surface area contributed by atoms with Crippen molar-refractivity contribution in [2.45, 2.75) is 39.8 Å². The zero-order valence-corrected chi connectivity index (χ0v) is 15.8. The molecule has 0 aliphatic heterocycles. The second-order valence-electron chi connectivity index (χ2n) is 6.53. The van der Waals surface area contributed by atoms with Crippen molar-refractivity contribution in [3.05, 3.63) is 71.2 Å². The van der Waals surface area contributed by atoms with E-state index in [1.54, 1.807) is 23.3 Å². The second-order valence-corrected chi connectivity index (χ2v) is 6.53. The normalized spacial score (nSPS) is 11.8. The van der Waals surface area contributed by atoms with E-state index in [1.807, 2.05) is 18.2 Å². The van der Waals surface area contributed by atoms with Crippen molar-refractivity contribution in [2.24, 2.45) is 0 Å². The van der Waals surface area contributed by atoms with Gasteiger partial charge in [-0.15, -0.1) is 5.10 Å². The van der Waals surface area contributed by atoms with Crippen molar-refractivity contribution < 1.29 is 4.79 Å². The number of aryl methyl sites for hydroxylation is 3. The van der Waals surface area contributed by atoms with Gasteiger partial charge in [-0.2, -0.15) is 0 Å². The molecule has 0 aliphatic carbocycles. The zero-order chi connectivity index (χ0) is 19.2. The van der Waals surface area contributed by atoms with Crippen molar-refractivity contribution in [3.8, 4) is 0 Å². The van der Waals surface area contributed by atoms with Crippen LogP contribution in [0.3, 0.4) is 0 Å². The SMILES string of the molecule is CCCn1cc(NC(=O)NC(c2cccnc2)c2ccc(C)c(C)c2)nn1. The average Bonchev–Trinajstić information content (AvgIpc) is 3.10. The summed E-state index contributed by atoms with van der Waals surface area (Å²) in [7, 11) is 0. The van der Waals surface area contributed by atoms with Gasteiger partial charge >= 0.3 is 6.03 Å². The molecule has 7 heteroatoms. The average molecular weight is 364 g/mol. The van der Waals surface area contributed by atoms with Crippen LogP contribution in [-0.4, -0.2) is 26.0 Å². The van der Waals surface area contributed by atoms with E-state index >= 15 is 0 Å². The maximum absolute atomic E-state index is 12.6. The summed E-state index contributed by atoms with van der Waals surface area (Å²) in [5.74, 6) is 0.422. The Morgan fingerprint density at radius 2 is 2.04 bits per heavy atom. The monoisotopic (exact) mass is 364 g/mol. The molecule has 2 N–H and O–H groups in total. The molecule has 1 unspecified atom stereocenters. The van der Waals surface area contributed by atoms with Crippen molar-refractivity contribution in [2.75, 3.05) is 5.32 Å². The van der Waals surface area contributed by atoms with Crippen molar-refractivity contribution >= 4 is 11.8 Å². The lowest BCUT2D eigenvalue weighted by atomic mass is 9.97. The molecule has 0 saturated heterocycles.